The van der Waals surface area contributed by atoms with Crippen LogP contribution in [0.1, 0.15) is 49.5 Å². The number of aryl methyl sites for hydroxylation is 1. The third-order valence-corrected chi connectivity index (χ3v) is 5.01. The van der Waals surface area contributed by atoms with Gasteiger partial charge in [0.25, 0.3) is 5.91 Å². The van der Waals surface area contributed by atoms with Gasteiger partial charge in [-0.25, -0.2) is 0 Å². The molecule has 2 rings (SSSR count). The minimum absolute atomic E-state index is 0. The molecule has 1 aliphatic heterocycles. The smallest absolute Gasteiger partial charge is 0.251 e. The average Bonchev–Trinajstić information content (AvgIpc) is 2.58. The van der Waals surface area contributed by atoms with Gasteiger partial charge >= 0.3 is 0 Å². The van der Waals surface area contributed by atoms with E-state index in [-0.39, 0.29) is 36.2 Å². The maximum atomic E-state index is 13.0. The first kappa shape index (κ1) is 22.5. The van der Waals surface area contributed by atoms with E-state index < -0.39 is 6.04 Å². The summed E-state index contributed by atoms with van der Waals surface area (Å²) in [4.78, 5) is 27.5. The molecule has 0 aromatic heterocycles. The fourth-order valence-corrected chi connectivity index (χ4v) is 3.36. The van der Waals surface area contributed by atoms with Gasteiger partial charge in [-0.15, -0.1) is 12.4 Å². The second-order valence-electron chi connectivity index (χ2n) is 7.61. The summed E-state index contributed by atoms with van der Waals surface area (Å²) < 4.78 is 0. The van der Waals surface area contributed by atoms with Gasteiger partial charge in [-0.05, 0) is 50.7 Å². The number of hydrogen-bond acceptors (Lipinski definition) is 3. The first-order valence-electron chi connectivity index (χ1n) is 9.21. The lowest BCUT2D eigenvalue weighted by Gasteiger charge is -2.37. The van der Waals surface area contributed by atoms with Crippen LogP contribution in [0.25, 0.3) is 0 Å². The summed E-state index contributed by atoms with van der Waals surface area (Å²) in [5, 5.41) is 2.94. The number of halogens is 1. The van der Waals surface area contributed by atoms with E-state index in [0.29, 0.717) is 18.0 Å². The summed E-state index contributed by atoms with van der Waals surface area (Å²) in [5.41, 5.74) is 7.64. The number of benzene rings is 1. The van der Waals surface area contributed by atoms with Crippen LogP contribution in [-0.4, -0.2) is 41.9 Å². The Morgan fingerprint density at radius 2 is 1.96 bits per heavy atom. The predicted octanol–water partition coefficient (Wildman–Crippen LogP) is 2.76. The van der Waals surface area contributed by atoms with Crippen molar-refractivity contribution in [3.05, 3.63) is 35.4 Å². The van der Waals surface area contributed by atoms with E-state index in [1.807, 2.05) is 50.8 Å². The first-order chi connectivity index (χ1) is 11.8. The number of nitrogens with zero attached hydrogens (tertiary/aromatic N) is 1. The van der Waals surface area contributed by atoms with Crippen LogP contribution in [0.2, 0.25) is 0 Å². The summed E-state index contributed by atoms with van der Waals surface area (Å²) in [7, 11) is 0. The standard InChI is InChI=1S/C20H31N3O2.ClH/c1-13(2)18(22-19(24)16-8-5-7-14(3)11-16)20(25)23-10-6-9-17(12-23)15(4)21;/h5,7-8,11,13,15,17-18H,6,9-10,12,21H2,1-4H3,(H,22,24);1H. The minimum Gasteiger partial charge on any atom is -0.341 e. The molecule has 5 nitrogen and oxygen atoms in total. The average molecular weight is 382 g/mol. The van der Waals surface area contributed by atoms with Crippen molar-refractivity contribution in [2.75, 3.05) is 13.1 Å². The molecule has 26 heavy (non-hydrogen) atoms. The van der Waals surface area contributed by atoms with Gasteiger partial charge in [0.1, 0.15) is 6.04 Å². The normalized spacial score (nSPS) is 19.5. The molecule has 0 spiro atoms. The zero-order valence-electron chi connectivity index (χ0n) is 16.2. The molecule has 1 heterocycles. The molecule has 1 aromatic carbocycles. The zero-order valence-corrected chi connectivity index (χ0v) is 17.0. The largest absolute Gasteiger partial charge is 0.341 e. The van der Waals surface area contributed by atoms with Crippen molar-refractivity contribution in [1.82, 2.24) is 10.2 Å². The molecule has 0 aliphatic carbocycles. The first-order valence-corrected chi connectivity index (χ1v) is 9.21. The van der Waals surface area contributed by atoms with Crippen molar-refractivity contribution < 1.29 is 9.59 Å². The maximum absolute atomic E-state index is 13.0. The van der Waals surface area contributed by atoms with Crippen LogP contribution in [0, 0.1) is 18.8 Å². The highest BCUT2D eigenvalue weighted by atomic mass is 35.5. The molecule has 3 unspecified atom stereocenters. The topological polar surface area (TPSA) is 75.4 Å². The Balaban J connectivity index is 0.00000338. The van der Waals surface area contributed by atoms with Gasteiger partial charge in [-0.2, -0.15) is 0 Å². The van der Waals surface area contributed by atoms with Gasteiger partial charge in [0.2, 0.25) is 5.91 Å². The van der Waals surface area contributed by atoms with Crippen molar-refractivity contribution in [3.8, 4) is 0 Å². The van der Waals surface area contributed by atoms with Crippen molar-refractivity contribution in [3.63, 3.8) is 0 Å². The minimum atomic E-state index is -0.514. The van der Waals surface area contributed by atoms with Crippen LogP contribution in [0.15, 0.2) is 24.3 Å². The molecule has 1 fully saturated rings. The van der Waals surface area contributed by atoms with Crippen LogP contribution in [0.3, 0.4) is 0 Å². The predicted molar refractivity (Wildman–Crippen MR) is 107 cm³/mol. The van der Waals surface area contributed by atoms with E-state index >= 15 is 0 Å². The number of carbonyl (C=O) groups is 2. The van der Waals surface area contributed by atoms with Crippen LogP contribution >= 0.6 is 12.4 Å². The van der Waals surface area contributed by atoms with Gasteiger partial charge in [-0.1, -0.05) is 31.5 Å². The quantitative estimate of drug-likeness (QED) is 0.823. The highest BCUT2D eigenvalue weighted by molar-refractivity contribution is 5.97. The molecule has 0 saturated carbocycles. The number of piperidine rings is 1. The van der Waals surface area contributed by atoms with Crippen molar-refractivity contribution in [2.45, 2.75) is 52.6 Å². The summed E-state index contributed by atoms with van der Waals surface area (Å²) in [6.45, 7) is 9.30. The van der Waals surface area contributed by atoms with Gasteiger partial charge in [0.15, 0.2) is 0 Å². The van der Waals surface area contributed by atoms with E-state index in [2.05, 4.69) is 5.32 Å². The molecule has 6 heteroatoms. The van der Waals surface area contributed by atoms with E-state index in [9.17, 15) is 9.59 Å². The fraction of sp³-hybridized carbons (Fsp3) is 0.600. The van der Waals surface area contributed by atoms with Crippen LogP contribution in [0.4, 0.5) is 0 Å². The highest BCUT2D eigenvalue weighted by Crippen LogP contribution is 2.20. The fourth-order valence-electron chi connectivity index (χ4n) is 3.36. The molecule has 0 radical (unpaired) electrons. The molecule has 1 aliphatic rings. The monoisotopic (exact) mass is 381 g/mol. The Hall–Kier alpha value is -1.59. The highest BCUT2D eigenvalue weighted by Gasteiger charge is 2.32. The van der Waals surface area contributed by atoms with E-state index in [1.54, 1.807) is 6.07 Å². The second-order valence-corrected chi connectivity index (χ2v) is 7.61. The molecule has 146 valence electrons. The summed E-state index contributed by atoms with van der Waals surface area (Å²) >= 11 is 0. The number of hydrogen-bond donors (Lipinski definition) is 2. The van der Waals surface area contributed by atoms with Crippen molar-refractivity contribution in [2.24, 2.45) is 17.6 Å². The summed E-state index contributed by atoms with van der Waals surface area (Å²) in [6.07, 6.45) is 2.03. The number of nitrogens with one attached hydrogen (secondary N) is 1. The molecular formula is C20H32ClN3O2. The SMILES string of the molecule is Cc1cccc(C(=O)NC(C(=O)N2CCCC(C(C)N)C2)C(C)C)c1.Cl. The van der Waals surface area contributed by atoms with Crippen LogP contribution < -0.4 is 11.1 Å². The van der Waals surface area contributed by atoms with E-state index in [1.165, 1.54) is 0 Å². The van der Waals surface area contributed by atoms with Gasteiger partial charge in [0, 0.05) is 24.7 Å². The Morgan fingerprint density at radius 1 is 1.27 bits per heavy atom. The molecule has 2 amide bonds. The number of nitrogens with two attached hydrogens (primary N) is 1. The van der Waals surface area contributed by atoms with E-state index in [4.69, 9.17) is 5.73 Å². The third-order valence-electron chi connectivity index (χ3n) is 5.01. The summed E-state index contributed by atoms with van der Waals surface area (Å²) in [6, 6.07) is 6.98. The Morgan fingerprint density at radius 3 is 2.54 bits per heavy atom. The number of amides is 2. The van der Waals surface area contributed by atoms with Crippen molar-refractivity contribution >= 4 is 24.2 Å². The number of carbonyl (C=O) groups excluding carboxylic acids is 2. The molecule has 3 atom stereocenters. The van der Waals surface area contributed by atoms with Crippen LogP contribution in [-0.2, 0) is 4.79 Å². The van der Waals surface area contributed by atoms with Gasteiger partial charge in [-0.3, -0.25) is 9.59 Å². The van der Waals surface area contributed by atoms with Crippen LogP contribution in [0.5, 0.6) is 0 Å². The molecule has 3 N–H and O–H groups in total. The summed E-state index contributed by atoms with van der Waals surface area (Å²) in [5.74, 6) is 0.160. The molecule has 0 bridgehead atoms. The maximum Gasteiger partial charge on any atom is 0.251 e. The number of rotatable bonds is 5. The Kier molecular flexibility index (Phi) is 8.57. The third kappa shape index (κ3) is 5.71. The van der Waals surface area contributed by atoms with E-state index in [0.717, 1.165) is 24.9 Å². The Labute approximate surface area is 163 Å². The zero-order chi connectivity index (χ0) is 18.6. The Bertz CT molecular complexity index is 619. The van der Waals surface area contributed by atoms with Gasteiger partial charge in [0.05, 0.1) is 0 Å². The van der Waals surface area contributed by atoms with Gasteiger partial charge < -0.3 is 16.0 Å². The molecular weight excluding hydrogens is 350 g/mol. The van der Waals surface area contributed by atoms with Crippen molar-refractivity contribution in [1.29, 1.82) is 0 Å². The molecule has 1 aromatic rings. The lowest BCUT2D eigenvalue weighted by molar-refractivity contribution is -0.136. The lowest BCUT2D eigenvalue weighted by Crippen LogP contribution is -2.54. The second kappa shape index (κ2) is 9.93. The lowest BCUT2D eigenvalue weighted by atomic mass is 9.91. The number of likely N-dealkylation sites (tertiary alicyclic amines) is 1. The molecule has 1 saturated heterocycles.